The van der Waals surface area contributed by atoms with E-state index in [1.807, 2.05) is 23.4 Å². The van der Waals surface area contributed by atoms with E-state index in [0.717, 1.165) is 4.48 Å². The Labute approximate surface area is 97.2 Å². The Hall–Kier alpha value is -1.03. The summed E-state index contributed by atoms with van der Waals surface area (Å²) in [4.78, 5) is 13.4. The van der Waals surface area contributed by atoms with E-state index in [1.165, 1.54) is 7.11 Å². The third-order valence-corrected chi connectivity index (χ3v) is 3.21. The SMILES string of the molecule is COC(=O)C1=CN2C=C(Br)C=CC2(C)C1. The number of carbonyl (C=O) groups excluding carboxylic acids is 1. The highest BCUT2D eigenvalue weighted by atomic mass is 79.9. The van der Waals surface area contributed by atoms with E-state index in [0.29, 0.717) is 12.0 Å². The molecule has 0 amide bonds. The fraction of sp³-hybridized carbons (Fsp3) is 0.364. The number of methoxy groups -OCH3 is 1. The van der Waals surface area contributed by atoms with Crippen molar-refractivity contribution in [2.75, 3.05) is 7.11 Å². The normalized spacial score (nSPS) is 28.3. The lowest BCUT2D eigenvalue weighted by Crippen LogP contribution is -2.35. The number of hydrogen-bond acceptors (Lipinski definition) is 3. The zero-order valence-corrected chi connectivity index (χ0v) is 10.2. The molecule has 0 aliphatic carbocycles. The predicted molar refractivity (Wildman–Crippen MR) is 61.1 cm³/mol. The summed E-state index contributed by atoms with van der Waals surface area (Å²) in [7, 11) is 1.41. The minimum Gasteiger partial charge on any atom is -0.466 e. The molecule has 2 aliphatic rings. The number of allylic oxidation sites excluding steroid dienone is 2. The minimum atomic E-state index is -0.247. The molecule has 0 bridgehead atoms. The van der Waals surface area contributed by atoms with Crippen molar-refractivity contribution >= 4 is 21.9 Å². The first-order chi connectivity index (χ1) is 7.05. The van der Waals surface area contributed by atoms with Gasteiger partial charge in [-0.1, -0.05) is 6.08 Å². The topological polar surface area (TPSA) is 29.5 Å². The van der Waals surface area contributed by atoms with Crippen LogP contribution < -0.4 is 0 Å². The second kappa shape index (κ2) is 3.52. The van der Waals surface area contributed by atoms with E-state index in [9.17, 15) is 4.79 Å². The molecule has 1 unspecified atom stereocenters. The number of halogens is 1. The van der Waals surface area contributed by atoms with Gasteiger partial charge in [0.25, 0.3) is 0 Å². The van der Waals surface area contributed by atoms with Gasteiger partial charge in [-0.15, -0.1) is 0 Å². The Bertz CT molecular complexity index is 397. The summed E-state index contributed by atoms with van der Waals surface area (Å²) >= 11 is 3.41. The van der Waals surface area contributed by atoms with E-state index in [2.05, 4.69) is 28.9 Å². The van der Waals surface area contributed by atoms with Crippen molar-refractivity contribution in [3.05, 3.63) is 34.6 Å². The molecule has 0 radical (unpaired) electrons. The second-order valence-electron chi connectivity index (χ2n) is 3.93. The fourth-order valence-corrected chi connectivity index (χ4v) is 2.21. The van der Waals surface area contributed by atoms with Crippen LogP contribution >= 0.6 is 15.9 Å². The lowest BCUT2D eigenvalue weighted by Gasteiger charge is -2.33. The van der Waals surface area contributed by atoms with E-state index >= 15 is 0 Å². The fourth-order valence-electron chi connectivity index (χ4n) is 1.86. The van der Waals surface area contributed by atoms with Gasteiger partial charge in [0.15, 0.2) is 0 Å². The van der Waals surface area contributed by atoms with Gasteiger partial charge in [0.1, 0.15) is 0 Å². The van der Waals surface area contributed by atoms with Crippen LogP contribution in [0.2, 0.25) is 0 Å². The van der Waals surface area contributed by atoms with Crippen LogP contribution in [0.5, 0.6) is 0 Å². The summed E-state index contributed by atoms with van der Waals surface area (Å²) < 4.78 is 5.72. The highest BCUT2D eigenvalue weighted by Gasteiger charge is 2.37. The maximum absolute atomic E-state index is 11.4. The standard InChI is InChI=1S/C11H12BrNO2/c1-11-4-3-9(12)7-13(11)6-8(5-11)10(14)15-2/h3-4,6-7H,5H2,1-2H3. The van der Waals surface area contributed by atoms with Gasteiger partial charge in [-0.25, -0.2) is 4.79 Å². The third kappa shape index (κ3) is 1.74. The van der Waals surface area contributed by atoms with Crippen molar-refractivity contribution < 1.29 is 9.53 Å². The summed E-state index contributed by atoms with van der Waals surface area (Å²) in [5.74, 6) is -0.247. The van der Waals surface area contributed by atoms with E-state index in [1.54, 1.807) is 0 Å². The molecule has 0 N–H and O–H groups in total. The first-order valence-electron chi connectivity index (χ1n) is 4.69. The summed E-state index contributed by atoms with van der Waals surface area (Å²) in [6, 6.07) is 0. The first-order valence-corrected chi connectivity index (χ1v) is 5.48. The molecule has 80 valence electrons. The van der Waals surface area contributed by atoms with Gasteiger partial charge in [-0.3, -0.25) is 0 Å². The maximum atomic E-state index is 11.4. The van der Waals surface area contributed by atoms with Gasteiger partial charge in [0.2, 0.25) is 0 Å². The Balaban J connectivity index is 2.29. The van der Waals surface area contributed by atoms with Crippen molar-refractivity contribution in [1.29, 1.82) is 0 Å². The number of esters is 1. The van der Waals surface area contributed by atoms with Crippen molar-refractivity contribution in [2.45, 2.75) is 18.9 Å². The smallest absolute Gasteiger partial charge is 0.335 e. The van der Waals surface area contributed by atoms with Gasteiger partial charge >= 0.3 is 5.97 Å². The highest BCUT2D eigenvalue weighted by Crippen LogP contribution is 2.37. The molecule has 0 saturated heterocycles. The molecule has 2 aliphatic heterocycles. The Kier molecular flexibility index (Phi) is 2.46. The molecular formula is C11H12BrNO2. The number of rotatable bonds is 1. The van der Waals surface area contributed by atoms with Gasteiger partial charge in [-0.2, -0.15) is 0 Å². The van der Waals surface area contributed by atoms with Crippen molar-refractivity contribution in [1.82, 2.24) is 4.90 Å². The lowest BCUT2D eigenvalue weighted by atomic mass is 9.94. The van der Waals surface area contributed by atoms with Gasteiger partial charge in [0.05, 0.1) is 18.2 Å². The van der Waals surface area contributed by atoms with Gasteiger partial charge in [0, 0.05) is 23.3 Å². The third-order valence-electron chi connectivity index (χ3n) is 2.74. The second-order valence-corrected chi connectivity index (χ2v) is 4.85. The number of carbonyl (C=O) groups is 1. The molecule has 0 aromatic heterocycles. The first kappa shape index (κ1) is 10.5. The molecule has 0 fully saturated rings. The molecule has 15 heavy (non-hydrogen) atoms. The van der Waals surface area contributed by atoms with Crippen LogP contribution in [0, 0.1) is 0 Å². The zero-order valence-electron chi connectivity index (χ0n) is 8.66. The molecular weight excluding hydrogens is 258 g/mol. The maximum Gasteiger partial charge on any atom is 0.335 e. The Morgan fingerprint density at radius 2 is 2.33 bits per heavy atom. The average molecular weight is 270 g/mol. The van der Waals surface area contributed by atoms with E-state index in [4.69, 9.17) is 4.74 Å². The van der Waals surface area contributed by atoms with E-state index < -0.39 is 0 Å². The quantitative estimate of drug-likeness (QED) is 0.685. The molecule has 0 aromatic carbocycles. The minimum absolute atomic E-state index is 0.124. The molecule has 2 rings (SSSR count). The van der Waals surface area contributed by atoms with Crippen molar-refractivity contribution in [3.8, 4) is 0 Å². The molecule has 3 nitrogen and oxygen atoms in total. The Morgan fingerprint density at radius 1 is 1.60 bits per heavy atom. The zero-order chi connectivity index (χ0) is 11.1. The van der Waals surface area contributed by atoms with Crippen LogP contribution in [0.3, 0.4) is 0 Å². The molecule has 0 saturated carbocycles. The number of nitrogens with zero attached hydrogens (tertiary/aromatic N) is 1. The summed E-state index contributed by atoms with van der Waals surface area (Å²) in [5.41, 5.74) is 0.587. The predicted octanol–water partition coefficient (Wildman–Crippen LogP) is 2.31. The van der Waals surface area contributed by atoms with E-state index in [-0.39, 0.29) is 11.5 Å². The molecule has 0 aromatic rings. The highest BCUT2D eigenvalue weighted by molar-refractivity contribution is 9.11. The molecule has 1 atom stereocenters. The van der Waals surface area contributed by atoms with Crippen LogP contribution in [0.25, 0.3) is 0 Å². The van der Waals surface area contributed by atoms with Crippen LogP contribution in [-0.4, -0.2) is 23.5 Å². The monoisotopic (exact) mass is 269 g/mol. The van der Waals surface area contributed by atoms with Crippen LogP contribution in [0.15, 0.2) is 34.6 Å². The van der Waals surface area contributed by atoms with Gasteiger partial charge in [-0.05, 0) is 28.9 Å². The largest absolute Gasteiger partial charge is 0.466 e. The van der Waals surface area contributed by atoms with Crippen LogP contribution in [0.1, 0.15) is 13.3 Å². The van der Waals surface area contributed by atoms with Gasteiger partial charge < -0.3 is 9.64 Å². The number of ether oxygens (including phenoxy) is 1. The number of fused-ring (bicyclic) bond motifs is 1. The summed E-state index contributed by atoms with van der Waals surface area (Å²) in [6.45, 7) is 2.09. The molecule has 4 heteroatoms. The summed E-state index contributed by atoms with van der Waals surface area (Å²) in [6.07, 6.45) is 8.59. The van der Waals surface area contributed by atoms with Crippen molar-refractivity contribution in [3.63, 3.8) is 0 Å². The summed E-state index contributed by atoms with van der Waals surface area (Å²) in [5, 5.41) is 0. The molecule has 2 heterocycles. The average Bonchev–Trinajstić information content (AvgIpc) is 2.54. The molecule has 0 spiro atoms. The van der Waals surface area contributed by atoms with Crippen molar-refractivity contribution in [2.24, 2.45) is 0 Å². The van der Waals surface area contributed by atoms with Crippen LogP contribution in [-0.2, 0) is 9.53 Å². The Morgan fingerprint density at radius 3 is 3.00 bits per heavy atom. The van der Waals surface area contributed by atoms with Crippen LogP contribution in [0.4, 0.5) is 0 Å². The number of hydrogen-bond donors (Lipinski definition) is 0. The lowest BCUT2D eigenvalue weighted by molar-refractivity contribution is -0.136.